The zero-order valence-electron chi connectivity index (χ0n) is 18.6. The fourth-order valence-corrected chi connectivity index (χ4v) is 4.33. The van der Waals surface area contributed by atoms with E-state index in [2.05, 4.69) is 46.3 Å². The van der Waals surface area contributed by atoms with Crippen LogP contribution in [0.5, 0.6) is 0 Å². The number of likely N-dealkylation sites (tertiary alicyclic amines) is 1. The molecule has 1 aliphatic heterocycles. The van der Waals surface area contributed by atoms with Gasteiger partial charge in [0.25, 0.3) is 0 Å². The second-order valence-corrected chi connectivity index (χ2v) is 8.25. The standard InChI is InChI=1S/C25H29FN4O2/c1-3-17-8-5-9-18(4-2)23(17)27-22(31)16-30-13-7-11-20(15-30)25-28-24(29-32-25)19-10-6-12-21(26)14-19/h5-6,8-10,12,14,20H,3-4,7,11,13,15-16H2,1-2H3,(H,27,31). The Morgan fingerprint density at radius 3 is 2.66 bits per heavy atom. The van der Waals surface area contributed by atoms with Gasteiger partial charge in [-0.15, -0.1) is 0 Å². The SMILES string of the molecule is CCc1cccc(CC)c1NC(=O)CN1CCCC(c2nc(-c3cccc(F)c3)no2)C1. The minimum atomic E-state index is -0.334. The summed E-state index contributed by atoms with van der Waals surface area (Å²) in [6.45, 7) is 6.05. The lowest BCUT2D eigenvalue weighted by atomic mass is 9.98. The van der Waals surface area contributed by atoms with E-state index in [0.29, 0.717) is 30.4 Å². The van der Waals surface area contributed by atoms with Crippen molar-refractivity contribution in [3.8, 4) is 11.4 Å². The molecule has 1 aliphatic rings. The Morgan fingerprint density at radius 1 is 1.19 bits per heavy atom. The number of nitrogens with zero attached hydrogens (tertiary/aromatic N) is 3. The normalized spacial score (nSPS) is 16.8. The first-order chi connectivity index (χ1) is 15.6. The van der Waals surface area contributed by atoms with Gasteiger partial charge in [-0.25, -0.2) is 4.39 Å². The number of amides is 1. The summed E-state index contributed by atoms with van der Waals surface area (Å²) in [4.78, 5) is 19.5. The Labute approximate surface area is 187 Å². The van der Waals surface area contributed by atoms with Gasteiger partial charge in [0.1, 0.15) is 5.82 Å². The number of aryl methyl sites for hydroxylation is 2. The molecule has 0 saturated carbocycles. The van der Waals surface area contributed by atoms with Crippen molar-refractivity contribution in [3.63, 3.8) is 0 Å². The third-order valence-electron chi connectivity index (χ3n) is 6.01. The van der Waals surface area contributed by atoms with E-state index in [1.807, 2.05) is 6.07 Å². The molecule has 1 atom stereocenters. The van der Waals surface area contributed by atoms with Gasteiger partial charge >= 0.3 is 0 Å². The van der Waals surface area contributed by atoms with Crippen LogP contribution in [0.4, 0.5) is 10.1 Å². The summed E-state index contributed by atoms with van der Waals surface area (Å²) in [7, 11) is 0. The van der Waals surface area contributed by atoms with E-state index >= 15 is 0 Å². The molecular formula is C25H29FN4O2. The van der Waals surface area contributed by atoms with Crippen molar-refractivity contribution in [2.24, 2.45) is 0 Å². The third-order valence-corrected chi connectivity index (χ3v) is 6.01. The van der Waals surface area contributed by atoms with Crippen LogP contribution in [0.1, 0.15) is 49.6 Å². The van der Waals surface area contributed by atoms with Crippen LogP contribution < -0.4 is 5.32 Å². The molecule has 32 heavy (non-hydrogen) atoms. The molecule has 1 saturated heterocycles. The highest BCUT2D eigenvalue weighted by Crippen LogP contribution is 2.28. The Hall–Kier alpha value is -3.06. The van der Waals surface area contributed by atoms with E-state index in [1.165, 1.54) is 12.1 Å². The Morgan fingerprint density at radius 2 is 1.94 bits per heavy atom. The molecule has 1 N–H and O–H groups in total. The Bertz CT molecular complexity index is 1060. The van der Waals surface area contributed by atoms with Crippen molar-refractivity contribution in [2.45, 2.75) is 45.4 Å². The molecule has 1 aromatic heterocycles. The first kappa shape index (κ1) is 22.1. The second kappa shape index (κ2) is 10.0. The van der Waals surface area contributed by atoms with E-state index in [-0.39, 0.29) is 17.6 Å². The van der Waals surface area contributed by atoms with Gasteiger partial charge in [0, 0.05) is 17.8 Å². The maximum Gasteiger partial charge on any atom is 0.238 e. The molecule has 4 rings (SSSR count). The smallest absolute Gasteiger partial charge is 0.238 e. The van der Waals surface area contributed by atoms with Crippen LogP contribution in [0.25, 0.3) is 11.4 Å². The van der Waals surface area contributed by atoms with E-state index in [9.17, 15) is 9.18 Å². The molecule has 3 aromatic rings. The molecule has 1 amide bonds. The number of piperidine rings is 1. The van der Waals surface area contributed by atoms with E-state index in [4.69, 9.17) is 4.52 Å². The van der Waals surface area contributed by atoms with Crippen LogP contribution in [-0.4, -0.2) is 40.6 Å². The topological polar surface area (TPSA) is 71.3 Å². The summed E-state index contributed by atoms with van der Waals surface area (Å²) in [6.07, 6.45) is 3.61. The van der Waals surface area contributed by atoms with Gasteiger partial charge in [-0.05, 0) is 55.5 Å². The van der Waals surface area contributed by atoms with Gasteiger partial charge in [0.05, 0.1) is 12.5 Å². The molecular weight excluding hydrogens is 407 g/mol. The number of carbonyl (C=O) groups excluding carboxylic acids is 1. The van der Waals surface area contributed by atoms with E-state index in [1.54, 1.807) is 12.1 Å². The summed E-state index contributed by atoms with van der Waals surface area (Å²) in [5.41, 5.74) is 3.86. The minimum Gasteiger partial charge on any atom is -0.339 e. The summed E-state index contributed by atoms with van der Waals surface area (Å²) < 4.78 is 19.0. The molecule has 168 valence electrons. The number of rotatable bonds is 7. The average Bonchev–Trinajstić information content (AvgIpc) is 3.30. The van der Waals surface area contributed by atoms with E-state index in [0.717, 1.165) is 49.0 Å². The predicted octanol–water partition coefficient (Wildman–Crippen LogP) is 4.82. The fourth-order valence-electron chi connectivity index (χ4n) is 4.33. The van der Waals surface area contributed by atoms with E-state index < -0.39 is 0 Å². The molecule has 0 radical (unpaired) electrons. The lowest BCUT2D eigenvalue weighted by Gasteiger charge is -2.30. The average molecular weight is 437 g/mol. The van der Waals surface area contributed by atoms with Crippen LogP contribution in [0, 0.1) is 5.82 Å². The minimum absolute atomic E-state index is 0.00720. The zero-order valence-corrected chi connectivity index (χ0v) is 18.6. The molecule has 2 heterocycles. The van der Waals surface area contributed by atoms with Gasteiger partial charge in [0.15, 0.2) is 0 Å². The number of hydrogen-bond acceptors (Lipinski definition) is 5. The third kappa shape index (κ3) is 5.05. The summed E-state index contributed by atoms with van der Waals surface area (Å²) in [5, 5.41) is 7.18. The van der Waals surface area contributed by atoms with Gasteiger partial charge in [-0.2, -0.15) is 4.98 Å². The number of halogens is 1. The lowest BCUT2D eigenvalue weighted by molar-refractivity contribution is -0.117. The summed E-state index contributed by atoms with van der Waals surface area (Å²) in [6, 6.07) is 12.3. The predicted molar refractivity (Wildman–Crippen MR) is 122 cm³/mol. The largest absolute Gasteiger partial charge is 0.339 e. The number of benzene rings is 2. The lowest BCUT2D eigenvalue weighted by Crippen LogP contribution is -2.40. The number of hydrogen-bond donors (Lipinski definition) is 1. The Balaban J connectivity index is 1.40. The van der Waals surface area contributed by atoms with Gasteiger partial charge in [-0.3, -0.25) is 9.69 Å². The summed E-state index contributed by atoms with van der Waals surface area (Å²) in [5.74, 6) is 0.643. The number of para-hydroxylation sites is 1. The van der Waals surface area contributed by atoms with Crippen molar-refractivity contribution >= 4 is 11.6 Å². The van der Waals surface area contributed by atoms with Crippen LogP contribution in [0.3, 0.4) is 0 Å². The zero-order chi connectivity index (χ0) is 22.5. The van der Waals surface area contributed by atoms with Crippen molar-refractivity contribution in [2.75, 3.05) is 25.0 Å². The van der Waals surface area contributed by atoms with Gasteiger partial charge in [0.2, 0.25) is 17.6 Å². The number of carbonyl (C=O) groups is 1. The van der Waals surface area contributed by atoms with Gasteiger partial charge < -0.3 is 9.84 Å². The van der Waals surface area contributed by atoms with Crippen molar-refractivity contribution in [1.82, 2.24) is 15.0 Å². The molecule has 1 unspecified atom stereocenters. The molecule has 0 bridgehead atoms. The quantitative estimate of drug-likeness (QED) is 0.575. The summed E-state index contributed by atoms with van der Waals surface area (Å²) >= 11 is 0. The maximum atomic E-state index is 13.5. The van der Waals surface area contributed by atoms with Crippen molar-refractivity contribution in [3.05, 3.63) is 65.3 Å². The number of nitrogens with one attached hydrogen (secondary N) is 1. The van der Waals surface area contributed by atoms with Crippen molar-refractivity contribution in [1.29, 1.82) is 0 Å². The van der Waals surface area contributed by atoms with Crippen LogP contribution in [0.2, 0.25) is 0 Å². The van der Waals surface area contributed by atoms with Crippen LogP contribution in [0.15, 0.2) is 47.0 Å². The highest BCUT2D eigenvalue weighted by atomic mass is 19.1. The Kier molecular flexibility index (Phi) is 6.95. The highest BCUT2D eigenvalue weighted by Gasteiger charge is 2.27. The van der Waals surface area contributed by atoms with Crippen molar-refractivity contribution < 1.29 is 13.7 Å². The first-order valence-corrected chi connectivity index (χ1v) is 11.3. The second-order valence-electron chi connectivity index (χ2n) is 8.25. The molecule has 6 nitrogen and oxygen atoms in total. The first-order valence-electron chi connectivity index (χ1n) is 11.3. The van der Waals surface area contributed by atoms with Gasteiger partial charge in [-0.1, -0.05) is 49.3 Å². The fraction of sp³-hybridized carbons (Fsp3) is 0.400. The molecule has 0 aliphatic carbocycles. The maximum absolute atomic E-state index is 13.5. The molecule has 7 heteroatoms. The highest BCUT2D eigenvalue weighted by molar-refractivity contribution is 5.93. The van der Waals surface area contributed by atoms with Crippen LogP contribution >= 0.6 is 0 Å². The molecule has 1 fully saturated rings. The molecule has 2 aromatic carbocycles. The number of aromatic nitrogens is 2. The number of anilines is 1. The molecule has 0 spiro atoms. The monoisotopic (exact) mass is 436 g/mol. The van der Waals surface area contributed by atoms with Crippen LogP contribution in [-0.2, 0) is 17.6 Å².